The zero-order chi connectivity index (χ0) is 8.97. The predicted molar refractivity (Wildman–Crippen MR) is 47.9 cm³/mol. The van der Waals surface area contributed by atoms with Crippen LogP contribution in [0, 0.1) is 0 Å². The SMILES string of the molecule is C/C(N)=C\C=C(/C)n1ccnn1. The molecule has 0 saturated carbocycles. The number of nitrogens with zero attached hydrogens (tertiary/aromatic N) is 3. The van der Waals surface area contributed by atoms with Gasteiger partial charge in [-0.25, -0.2) is 4.68 Å². The third-order valence-corrected chi connectivity index (χ3v) is 1.37. The van der Waals surface area contributed by atoms with E-state index < -0.39 is 0 Å². The Kier molecular flexibility index (Phi) is 2.63. The second kappa shape index (κ2) is 3.71. The minimum absolute atomic E-state index is 0.773. The Bertz CT molecular complexity index is 291. The third kappa shape index (κ3) is 2.23. The minimum Gasteiger partial charge on any atom is -0.402 e. The maximum absolute atomic E-state index is 5.47. The van der Waals surface area contributed by atoms with Crippen LogP contribution in [0.3, 0.4) is 0 Å². The molecule has 0 saturated heterocycles. The van der Waals surface area contributed by atoms with Crippen molar-refractivity contribution in [2.24, 2.45) is 5.73 Å². The average Bonchev–Trinajstić information content (AvgIpc) is 2.51. The number of hydrogen-bond acceptors (Lipinski definition) is 3. The summed E-state index contributed by atoms with van der Waals surface area (Å²) in [6, 6.07) is 0. The van der Waals surface area contributed by atoms with Crippen molar-refractivity contribution in [2.45, 2.75) is 13.8 Å². The molecule has 4 nitrogen and oxygen atoms in total. The van der Waals surface area contributed by atoms with Crippen molar-refractivity contribution < 1.29 is 0 Å². The van der Waals surface area contributed by atoms with Gasteiger partial charge in [-0.05, 0) is 26.0 Å². The molecular formula is C8H12N4. The second-order valence-corrected chi connectivity index (χ2v) is 2.57. The molecule has 0 atom stereocenters. The summed E-state index contributed by atoms with van der Waals surface area (Å²) in [6.07, 6.45) is 7.14. The quantitative estimate of drug-likeness (QED) is 0.663. The smallest absolute Gasteiger partial charge is 0.0697 e. The molecule has 0 unspecified atom stereocenters. The van der Waals surface area contributed by atoms with Crippen LogP contribution in [-0.4, -0.2) is 15.0 Å². The number of aromatic nitrogens is 3. The molecule has 1 aromatic rings. The lowest BCUT2D eigenvalue weighted by Gasteiger charge is -1.96. The molecule has 2 N–H and O–H groups in total. The summed E-state index contributed by atoms with van der Waals surface area (Å²) in [5.41, 5.74) is 7.22. The maximum atomic E-state index is 5.47. The molecule has 0 amide bonds. The summed E-state index contributed by atoms with van der Waals surface area (Å²) in [5.74, 6) is 0. The Hall–Kier alpha value is -1.58. The molecule has 0 aromatic carbocycles. The Morgan fingerprint density at radius 3 is 2.67 bits per heavy atom. The average molecular weight is 164 g/mol. The van der Waals surface area contributed by atoms with E-state index in [1.165, 1.54) is 0 Å². The van der Waals surface area contributed by atoms with Crippen LogP contribution in [0.25, 0.3) is 5.70 Å². The van der Waals surface area contributed by atoms with E-state index in [1.54, 1.807) is 17.1 Å². The Morgan fingerprint density at radius 2 is 2.17 bits per heavy atom. The van der Waals surface area contributed by atoms with E-state index in [1.807, 2.05) is 26.0 Å². The first-order valence-electron chi connectivity index (χ1n) is 3.67. The van der Waals surface area contributed by atoms with E-state index in [2.05, 4.69) is 10.3 Å². The first kappa shape index (κ1) is 8.52. The molecule has 0 bridgehead atoms. The summed E-state index contributed by atoms with van der Waals surface area (Å²) >= 11 is 0. The van der Waals surface area contributed by atoms with Gasteiger partial charge in [0.1, 0.15) is 0 Å². The van der Waals surface area contributed by atoms with E-state index in [9.17, 15) is 0 Å². The molecule has 1 heterocycles. The van der Waals surface area contributed by atoms with Gasteiger partial charge in [0, 0.05) is 11.4 Å². The second-order valence-electron chi connectivity index (χ2n) is 2.57. The summed E-state index contributed by atoms with van der Waals surface area (Å²) in [5, 5.41) is 7.51. The molecular weight excluding hydrogens is 152 g/mol. The standard InChI is InChI=1S/C8H12N4/c1-7(9)3-4-8(2)12-6-5-10-11-12/h3-6H,9H2,1-2H3/b7-3+,8-4+. The predicted octanol–water partition coefficient (Wildman–Crippen LogP) is 1.00. The van der Waals surface area contributed by atoms with Gasteiger partial charge in [0.15, 0.2) is 0 Å². The van der Waals surface area contributed by atoms with E-state index >= 15 is 0 Å². The van der Waals surface area contributed by atoms with E-state index in [4.69, 9.17) is 5.73 Å². The lowest BCUT2D eigenvalue weighted by Crippen LogP contribution is -1.94. The number of hydrogen-bond donors (Lipinski definition) is 1. The van der Waals surface area contributed by atoms with Crippen LogP contribution in [-0.2, 0) is 0 Å². The fourth-order valence-electron chi connectivity index (χ4n) is 0.725. The molecule has 12 heavy (non-hydrogen) atoms. The van der Waals surface area contributed by atoms with Crippen LogP contribution in [0.4, 0.5) is 0 Å². The largest absolute Gasteiger partial charge is 0.402 e. The molecule has 4 heteroatoms. The molecule has 0 fully saturated rings. The van der Waals surface area contributed by atoms with Crippen LogP contribution in [0.15, 0.2) is 30.2 Å². The van der Waals surface area contributed by atoms with Crippen LogP contribution >= 0.6 is 0 Å². The zero-order valence-corrected chi connectivity index (χ0v) is 7.23. The first-order chi connectivity index (χ1) is 5.70. The maximum Gasteiger partial charge on any atom is 0.0697 e. The van der Waals surface area contributed by atoms with Gasteiger partial charge in [0.05, 0.1) is 12.4 Å². The monoisotopic (exact) mass is 164 g/mol. The van der Waals surface area contributed by atoms with Crippen LogP contribution in [0.2, 0.25) is 0 Å². The summed E-state index contributed by atoms with van der Waals surface area (Å²) in [6.45, 7) is 3.78. The number of rotatable bonds is 2. The van der Waals surface area contributed by atoms with Gasteiger partial charge in [0.2, 0.25) is 0 Å². The lowest BCUT2D eigenvalue weighted by atomic mass is 10.3. The van der Waals surface area contributed by atoms with Gasteiger partial charge < -0.3 is 5.73 Å². The van der Waals surface area contributed by atoms with Crippen molar-refractivity contribution >= 4 is 5.70 Å². The van der Waals surface area contributed by atoms with E-state index in [-0.39, 0.29) is 0 Å². The highest BCUT2D eigenvalue weighted by Gasteiger charge is 1.90. The molecule has 64 valence electrons. The normalized spacial score (nSPS) is 13.5. The highest BCUT2D eigenvalue weighted by atomic mass is 15.4. The first-order valence-corrected chi connectivity index (χ1v) is 3.67. The molecule has 0 radical (unpaired) electrons. The van der Waals surface area contributed by atoms with E-state index in [0.29, 0.717) is 0 Å². The highest BCUT2D eigenvalue weighted by molar-refractivity contribution is 5.43. The van der Waals surface area contributed by atoms with Crippen molar-refractivity contribution in [3.8, 4) is 0 Å². The minimum atomic E-state index is 0.773. The number of nitrogens with two attached hydrogens (primary N) is 1. The van der Waals surface area contributed by atoms with Crippen LogP contribution < -0.4 is 5.73 Å². The molecule has 1 aromatic heterocycles. The molecule has 0 spiro atoms. The molecule has 0 aliphatic carbocycles. The lowest BCUT2D eigenvalue weighted by molar-refractivity contribution is 0.814. The van der Waals surface area contributed by atoms with Crippen molar-refractivity contribution in [1.82, 2.24) is 15.0 Å². The van der Waals surface area contributed by atoms with Gasteiger partial charge in [0.25, 0.3) is 0 Å². The number of allylic oxidation sites excluding steroid dienone is 4. The van der Waals surface area contributed by atoms with Crippen LogP contribution in [0.1, 0.15) is 13.8 Å². The van der Waals surface area contributed by atoms with Crippen molar-refractivity contribution in [3.63, 3.8) is 0 Å². The molecule has 0 aliphatic rings. The third-order valence-electron chi connectivity index (χ3n) is 1.37. The summed E-state index contributed by atoms with van der Waals surface area (Å²) in [4.78, 5) is 0. The topological polar surface area (TPSA) is 56.7 Å². The molecule has 1 rings (SSSR count). The Morgan fingerprint density at radius 1 is 1.42 bits per heavy atom. The Balaban J connectivity index is 2.78. The van der Waals surface area contributed by atoms with Gasteiger partial charge >= 0.3 is 0 Å². The van der Waals surface area contributed by atoms with Crippen molar-refractivity contribution in [1.29, 1.82) is 0 Å². The van der Waals surface area contributed by atoms with Crippen LogP contribution in [0.5, 0.6) is 0 Å². The van der Waals surface area contributed by atoms with E-state index in [0.717, 1.165) is 11.4 Å². The summed E-state index contributed by atoms with van der Waals surface area (Å²) < 4.78 is 1.68. The van der Waals surface area contributed by atoms with Gasteiger partial charge in [-0.2, -0.15) is 0 Å². The summed E-state index contributed by atoms with van der Waals surface area (Å²) in [7, 11) is 0. The van der Waals surface area contributed by atoms with Gasteiger partial charge in [-0.3, -0.25) is 0 Å². The van der Waals surface area contributed by atoms with Crippen molar-refractivity contribution in [3.05, 3.63) is 30.2 Å². The zero-order valence-electron chi connectivity index (χ0n) is 7.23. The highest BCUT2D eigenvalue weighted by Crippen LogP contribution is 1.99. The fraction of sp³-hybridized carbons (Fsp3) is 0.250. The van der Waals surface area contributed by atoms with Gasteiger partial charge in [-0.1, -0.05) is 5.21 Å². The fourth-order valence-corrected chi connectivity index (χ4v) is 0.725. The Labute approximate surface area is 71.4 Å². The van der Waals surface area contributed by atoms with Gasteiger partial charge in [-0.15, -0.1) is 5.10 Å². The molecule has 0 aliphatic heterocycles. The van der Waals surface area contributed by atoms with Crippen molar-refractivity contribution in [2.75, 3.05) is 0 Å².